The van der Waals surface area contributed by atoms with Crippen molar-refractivity contribution in [2.75, 3.05) is 32.4 Å². The SMILES string of the molecule is C=C(C)CS(=O)(=O)[O-].CC[N+](C)(CC)CC. The topological polar surface area (TPSA) is 57.2 Å². The molecule has 0 aromatic heterocycles. The van der Waals surface area contributed by atoms with E-state index >= 15 is 0 Å². The molecule has 0 aliphatic heterocycles. The summed E-state index contributed by atoms with van der Waals surface area (Å²) in [6.07, 6.45) is 0. The fourth-order valence-electron chi connectivity index (χ4n) is 0.973. The molecule has 0 fully saturated rings. The summed E-state index contributed by atoms with van der Waals surface area (Å²) in [6.45, 7) is 15.3. The average molecular weight is 251 g/mol. The summed E-state index contributed by atoms with van der Waals surface area (Å²) in [4.78, 5) is 0. The Morgan fingerprint density at radius 1 is 1.19 bits per heavy atom. The van der Waals surface area contributed by atoms with Gasteiger partial charge >= 0.3 is 0 Å². The van der Waals surface area contributed by atoms with E-state index < -0.39 is 15.9 Å². The van der Waals surface area contributed by atoms with Gasteiger partial charge in [0, 0.05) is 0 Å². The van der Waals surface area contributed by atoms with Crippen LogP contribution in [0.5, 0.6) is 0 Å². The maximum absolute atomic E-state index is 9.83. The number of hydrogen-bond donors (Lipinski definition) is 0. The van der Waals surface area contributed by atoms with Crippen molar-refractivity contribution in [2.45, 2.75) is 27.7 Å². The molecule has 0 aliphatic rings. The molecular formula is C11H25NO3S. The highest BCUT2D eigenvalue weighted by atomic mass is 32.2. The summed E-state index contributed by atoms with van der Waals surface area (Å²) in [6, 6.07) is 0. The number of rotatable bonds is 5. The second-order valence-electron chi connectivity index (χ2n) is 4.23. The fourth-order valence-corrected chi connectivity index (χ4v) is 1.58. The lowest BCUT2D eigenvalue weighted by molar-refractivity contribution is -0.904. The minimum Gasteiger partial charge on any atom is -0.748 e. The van der Waals surface area contributed by atoms with Crippen LogP contribution in [0.15, 0.2) is 12.2 Å². The van der Waals surface area contributed by atoms with Gasteiger partial charge < -0.3 is 9.04 Å². The van der Waals surface area contributed by atoms with E-state index in [4.69, 9.17) is 0 Å². The Kier molecular flexibility index (Phi) is 8.78. The molecule has 0 unspecified atom stereocenters. The molecule has 0 heterocycles. The predicted octanol–water partition coefficient (Wildman–Crippen LogP) is 1.60. The second-order valence-corrected chi connectivity index (χ2v) is 5.63. The van der Waals surface area contributed by atoms with Gasteiger partial charge in [0.15, 0.2) is 0 Å². The molecular weight excluding hydrogens is 226 g/mol. The molecule has 0 spiro atoms. The lowest BCUT2D eigenvalue weighted by atomic mass is 10.4. The van der Waals surface area contributed by atoms with Crippen LogP contribution in [-0.2, 0) is 10.1 Å². The molecule has 4 nitrogen and oxygen atoms in total. The largest absolute Gasteiger partial charge is 0.748 e. The van der Waals surface area contributed by atoms with Gasteiger partial charge in [-0.25, -0.2) is 8.42 Å². The van der Waals surface area contributed by atoms with E-state index in [1.165, 1.54) is 31.0 Å². The van der Waals surface area contributed by atoms with Gasteiger partial charge in [-0.2, -0.15) is 0 Å². The van der Waals surface area contributed by atoms with Crippen LogP contribution in [-0.4, -0.2) is 49.9 Å². The van der Waals surface area contributed by atoms with Gasteiger partial charge in [0.25, 0.3) is 0 Å². The molecule has 16 heavy (non-hydrogen) atoms. The second kappa shape index (κ2) is 7.81. The molecule has 0 amide bonds. The molecule has 0 saturated carbocycles. The first-order valence-electron chi connectivity index (χ1n) is 5.51. The van der Waals surface area contributed by atoms with Crippen molar-refractivity contribution in [3.05, 3.63) is 12.2 Å². The zero-order valence-corrected chi connectivity index (χ0v) is 11.9. The number of nitrogens with zero attached hydrogens (tertiary/aromatic N) is 1. The van der Waals surface area contributed by atoms with Crippen molar-refractivity contribution in [3.8, 4) is 0 Å². The van der Waals surface area contributed by atoms with Gasteiger partial charge in [0.05, 0.1) is 42.6 Å². The Balaban J connectivity index is 0. The first kappa shape index (κ1) is 18.0. The van der Waals surface area contributed by atoms with Gasteiger partial charge in [-0.05, 0) is 27.7 Å². The molecule has 5 heteroatoms. The van der Waals surface area contributed by atoms with Crippen molar-refractivity contribution >= 4 is 10.1 Å². The van der Waals surface area contributed by atoms with E-state index in [1.54, 1.807) is 0 Å². The third-order valence-corrected chi connectivity index (χ3v) is 3.56. The Bertz CT molecular complexity index is 284. The van der Waals surface area contributed by atoms with Crippen LogP contribution in [0.3, 0.4) is 0 Å². The van der Waals surface area contributed by atoms with E-state index in [0.717, 1.165) is 0 Å². The average Bonchev–Trinajstić information content (AvgIpc) is 2.14. The van der Waals surface area contributed by atoms with Crippen LogP contribution in [0.25, 0.3) is 0 Å². The summed E-state index contributed by atoms with van der Waals surface area (Å²) >= 11 is 0. The van der Waals surface area contributed by atoms with Gasteiger partial charge in [0.2, 0.25) is 0 Å². The maximum Gasteiger partial charge on any atom is 0.0984 e. The van der Waals surface area contributed by atoms with Crippen molar-refractivity contribution in [2.24, 2.45) is 0 Å². The van der Waals surface area contributed by atoms with E-state index in [1.807, 2.05) is 0 Å². The van der Waals surface area contributed by atoms with E-state index in [-0.39, 0.29) is 0 Å². The summed E-state index contributed by atoms with van der Waals surface area (Å²) in [5, 5.41) is 0. The molecule has 0 aliphatic carbocycles. The minimum atomic E-state index is -4.07. The molecule has 98 valence electrons. The van der Waals surface area contributed by atoms with Crippen LogP contribution in [0.4, 0.5) is 0 Å². The fraction of sp³-hybridized carbons (Fsp3) is 0.818. The lowest BCUT2D eigenvalue weighted by Crippen LogP contribution is -2.42. The Labute approximate surface area is 100 Å². The highest BCUT2D eigenvalue weighted by molar-refractivity contribution is 7.85. The van der Waals surface area contributed by atoms with Crippen LogP contribution in [0, 0.1) is 0 Å². The van der Waals surface area contributed by atoms with Gasteiger partial charge in [0.1, 0.15) is 0 Å². The highest BCUT2D eigenvalue weighted by Gasteiger charge is 2.10. The molecule has 0 N–H and O–H groups in total. The Morgan fingerprint density at radius 2 is 1.50 bits per heavy atom. The van der Waals surface area contributed by atoms with E-state index in [9.17, 15) is 13.0 Å². The summed E-state index contributed by atoms with van der Waals surface area (Å²) in [5.74, 6) is -0.451. The van der Waals surface area contributed by atoms with Crippen LogP contribution in [0.1, 0.15) is 27.7 Å². The molecule has 0 bridgehead atoms. The van der Waals surface area contributed by atoms with Crippen molar-refractivity contribution < 1.29 is 17.5 Å². The molecule has 0 aromatic rings. The Morgan fingerprint density at radius 3 is 1.50 bits per heavy atom. The highest BCUT2D eigenvalue weighted by Crippen LogP contribution is 1.97. The number of hydrogen-bond acceptors (Lipinski definition) is 3. The smallest absolute Gasteiger partial charge is 0.0984 e. The molecule has 0 saturated heterocycles. The van der Waals surface area contributed by atoms with Crippen molar-refractivity contribution in [1.29, 1.82) is 0 Å². The van der Waals surface area contributed by atoms with Crippen LogP contribution in [0.2, 0.25) is 0 Å². The standard InChI is InChI=1S/C7H18N.C4H8O3S/c1-5-8(4,6-2)7-3;1-4(2)3-8(5,6)7/h5-7H2,1-4H3;1,3H2,2H3,(H,5,6,7)/q+1;/p-1. The zero-order valence-electron chi connectivity index (χ0n) is 11.1. The van der Waals surface area contributed by atoms with Crippen LogP contribution < -0.4 is 0 Å². The first-order chi connectivity index (χ1) is 7.10. The zero-order chi connectivity index (χ0) is 13.4. The van der Waals surface area contributed by atoms with E-state index in [2.05, 4.69) is 34.4 Å². The third-order valence-electron chi connectivity index (χ3n) is 2.71. The summed E-state index contributed by atoms with van der Waals surface area (Å²) in [5.41, 5.74) is 0.375. The van der Waals surface area contributed by atoms with Crippen molar-refractivity contribution in [3.63, 3.8) is 0 Å². The van der Waals surface area contributed by atoms with Crippen LogP contribution >= 0.6 is 0 Å². The van der Waals surface area contributed by atoms with Gasteiger partial charge in [-0.1, -0.05) is 12.2 Å². The number of quaternary nitrogens is 1. The lowest BCUT2D eigenvalue weighted by Gasteiger charge is -2.30. The quantitative estimate of drug-likeness (QED) is 0.424. The summed E-state index contributed by atoms with van der Waals surface area (Å²) < 4.78 is 30.7. The summed E-state index contributed by atoms with van der Waals surface area (Å²) in [7, 11) is -1.78. The predicted molar refractivity (Wildman–Crippen MR) is 67.2 cm³/mol. The minimum absolute atomic E-state index is 0.375. The Hall–Kier alpha value is -0.390. The van der Waals surface area contributed by atoms with Gasteiger partial charge in [-0.3, -0.25) is 0 Å². The normalized spacial score (nSPS) is 11.6. The molecule has 0 atom stereocenters. The maximum atomic E-state index is 9.83. The monoisotopic (exact) mass is 251 g/mol. The first-order valence-corrected chi connectivity index (χ1v) is 7.09. The van der Waals surface area contributed by atoms with Gasteiger partial charge in [-0.15, -0.1) is 0 Å². The third kappa shape index (κ3) is 11.7. The van der Waals surface area contributed by atoms with E-state index in [0.29, 0.717) is 5.57 Å². The molecule has 0 aromatic carbocycles. The molecule has 0 radical (unpaired) electrons. The molecule has 0 rings (SSSR count). The van der Waals surface area contributed by atoms with Crippen molar-refractivity contribution in [1.82, 2.24) is 0 Å².